The third kappa shape index (κ3) is 4.67. The molecule has 0 saturated heterocycles. The number of carboxylic acid groups (broad SMARTS) is 1. The Balaban J connectivity index is 2.06. The Bertz CT molecular complexity index is 1240. The molecule has 1 heterocycles. The molecule has 3 N–H and O–H groups in total. The van der Waals surface area contributed by atoms with Crippen molar-refractivity contribution in [2.75, 3.05) is 0 Å². The quantitative estimate of drug-likeness (QED) is 0.550. The van der Waals surface area contributed by atoms with Crippen LogP contribution in [0.3, 0.4) is 0 Å². The van der Waals surface area contributed by atoms with E-state index in [4.69, 9.17) is 5.14 Å². The first-order valence-electron chi connectivity index (χ1n) is 9.89. The fourth-order valence-electron chi connectivity index (χ4n) is 3.59. The number of nitrogens with zero attached hydrogens (tertiary/aromatic N) is 2. The van der Waals surface area contributed by atoms with Gasteiger partial charge in [-0.2, -0.15) is 0 Å². The molecule has 164 valence electrons. The molecule has 0 aliphatic carbocycles. The molecule has 31 heavy (non-hydrogen) atoms. The van der Waals surface area contributed by atoms with Crippen molar-refractivity contribution in [3.63, 3.8) is 0 Å². The molecule has 0 saturated carbocycles. The number of primary sulfonamides is 1. The maximum Gasteiger partial charge on any atom is 0.354 e. The molecular weight excluding hydrogens is 421 g/mol. The molecule has 0 atom stereocenters. The van der Waals surface area contributed by atoms with Crippen molar-refractivity contribution in [3.8, 4) is 11.1 Å². The highest BCUT2D eigenvalue weighted by Gasteiger charge is 2.22. The van der Waals surface area contributed by atoms with Gasteiger partial charge in [0.05, 0.1) is 17.1 Å². The van der Waals surface area contributed by atoms with Gasteiger partial charge in [0.25, 0.3) is 0 Å². The normalized spacial score (nSPS) is 11.6. The molecule has 9 heteroatoms. The van der Waals surface area contributed by atoms with Gasteiger partial charge in [-0.25, -0.2) is 27.7 Å². The average Bonchev–Trinajstić information content (AvgIpc) is 3.06. The minimum Gasteiger partial charge on any atom is -0.477 e. The number of hydrogen-bond acceptors (Lipinski definition) is 4. The predicted molar refractivity (Wildman–Crippen MR) is 115 cm³/mol. The van der Waals surface area contributed by atoms with E-state index in [0.29, 0.717) is 35.5 Å². The Kier molecular flexibility index (Phi) is 6.56. The van der Waals surface area contributed by atoms with Crippen molar-refractivity contribution >= 4 is 16.0 Å². The SMILES string of the molecule is CCCc1nc(CC)c(C(=O)O)n1Cc1ccc(-c2ccccc2S(N)(=O)=O)cc1F. The van der Waals surface area contributed by atoms with Crippen molar-refractivity contribution in [1.82, 2.24) is 9.55 Å². The zero-order valence-corrected chi connectivity index (χ0v) is 18.1. The van der Waals surface area contributed by atoms with Crippen LogP contribution in [0.15, 0.2) is 47.4 Å². The summed E-state index contributed by atoms with van der Waals surface area (Å²) in [5, 5.41) is 15.0. The fourth-order valence-corrected chi connectivity index (χ4v) is 4.35. The van der Waals surface area contributed by atoms with Gasteiger partial charge in [0, 0.05) is 17.5 Å². The number of nitrogens with two attached hydrogens (primary N) is 1. The van der Waals surface area contributed by atoms with Gasteiger partial charge in [-0.15, -0.1) is 0 Å². The molecule has 7 nitrogen and oxygen atoms in total. The van der Waals surface area contributed by atoms with E-state index in [2.05, 4.69) is 4.98 Å². The second-order valence-electron chi connectivity index (χ2n) is 7.17. The maximum atomic E-state index is 15.0. The number of aromatic nitrogens is 2. The number of carbonyl (C=O) groups is 1. The highest BCUT2D eigenvalue weighted by atomic mass is 32.2. The van der Waals surface area contributed by atoms with Crippen LogP contribution in [0.2, 0.25) is 0 Å². The maximum absolute atomic E-state index is 15.0. The third-order valence-electron chi connectivity index (χ3n) is 5.02. The van der Waals surface area contributed by atoms with Crippen molar-refractivity contribution in [3.05, 3.63) is 71.1 Å². The van der Waals surface area contributed by atoms with E-state index in [1.54, 1.807) is 28.8 Å². The highest BCUT2D eigenvalue weighted by molar-refractivity contribution is 7.89. The highest BCUT2D eigenvalue weighted by Crippen LogP contribution is 2.28. The van der Waals surface area contributed by atoms with Crippen molar-refractivity contribution < 1.29 is 22.7 Å². The van der Waals surface area contributed by atoms with Gasteiger partial charge in [0.15, 0.2) is 5.69 Å². The van der Waals surface area contributed by atoms with Gasteiger partial charge in [-0.05, 0) is 30.5 Å². The summed E-state index contributed by atoms with van der Waals surface area (Å²) in [6.07, 6.45) is 1.80. The smallest absolute Gasteiger partial charge is 0.354 e. The molecule has 0 aliphatic rings. The van der Waals surface area contributed by atoms with E-state index in [1.807, 2.05) is 13.8 Å². The second-order valence-corrected chi connectivity index (χ2v) is 8.70. The summed E-state index contributed by atoms with van der Waals surface area (Å²) >= 11 is 0. The van der Waals surface area contributed by atoms with Gasteiger partial charge in [0.2, 0.25) is 10.0 Å². The van der Waals surface area contributed by atoms with Crippen LogP contribution in [0.25, 0.3) is 11.1 Å². The fraction of sp³-hybridized carbons (Fsp3) is 0.273. The lowest BCUT2D eigenvalue weighted by molar-refractivity contribution is 0.0684. The number of benzene rings is 2. The van der Waals surface area contributed by atoms with E-state index in [-0.39, 0.29) is 22.7 Å². The molecular formula is C22H24FN3O4S. The standard InChI is InChI=1S/C22H24FN3O4S/c1-3-7-20-25-18(4-2)21(22(27)28)26(20)13-15-11-10-14(12-17(15)23)16-8-5-6-9-19(16)31(24,29)30/h5-6,8-12H,3-4,7,13H2,1-2H3,(H,27,28)(H2,24,29,30). The second kappa shape index (κ2) is 8.99. The number of carboxylic acids is 1. The van der Waals surface area contributed by atoms with E-state index in [9.17, 15) is 18.3 Å². The molecule has 2 aromatic carbocycles. The molecule has 0 amide bonds. The first kappa shape index (κ1) is 22.6. The van der Waals surface area contributed by atoms with E-state index in [1.165, 1.54) is 18.2 Å². The summed E-state index contributed by atoms with van der Waals surface area (Å²) in [5.41, 5.74) is 1.46. The Hall–Kier alpha value is -3.04. The first-order chi connectivity index (χ1) is 14.7. The number of imidazole rings is 1. The van der Waals surface area contributed by atoms with Crippen LogP contribution >= 0.6 is 0 Å². The summed E-state index contributed by atoms with van der Waals surface area (Å²) in [6, 6.07) is 10.5. The van der Waals surface area contributed by atoms with Crippen molar-refractivity contribution in [2.24, 2.45) is 5.14 Å². The van der Waals surface area contributed by atoms with Gasteiger partial charge in [-0.3, -0.25) is 0 Å². The molecule has 0 aliphatic heterocycles. The average molecular weight is 446 g/mol. The number of rotatable bonds is 8. The van der Waals surface area contributed by atoms with Gasteiger partial charge in [-0.1, -0.05) is 44.2 Å². The largest absolute Gasteiger partial charge is 0.477 e. The van der Waals surface area contributed by atoms with E-state index >= 15 is 4.39 Å². The van der Waals surface area contributed by atoms with Crippen molar-refractivity contribution in [2.45, 2.75) is 44.6 Å². The van der Waals surface area contributed by atoms with Crippen LogP contribution in [0, 0.1) is 5.82 Å². The van der Waals surface area contributed by atoms with Gasteiger partial charge < -0.3 is 9.67 Å². The zero-order chi connectivity index (χ0) is 22.8. The Labute approximate surface area is 180 Å². The predicted octanol–water partition coefficient (Wildman–Crippen LogP) is 3.60. The van der Waals surface area contributed by atoms with Crippen LogP contribution in [0.5, 0.6) is 0 Å². The van der Waals surface area contributed by atoms with E-state index < -0.39 is 21.8 Å². The molecule has 0 radical (unpaired) electrons. The van der Waals surface area contributed by atoms with Gasteiger partial charge in [0.1, 0.15) is 11.6 Å². The third-order valence-corrected chi connectivity index (χ3v) is 5.99. The number of aryl methyl sites for hydroxylation is 2. The summed E-state index contributed by atoms with van der Waals surface area (Å²) in [7, 11) is -3.98. The van der Waals surface area contributed by atoms with Crippen LogP contribution in [-0.2, 0) is 29.4 Å². The zero-order valence-electron chi connectivity index (χ0n) is 17.3. The molecule has 0 unspecified atom stereocenters. The monoisotopic (exact) mass is 445 g/mol. The molecule has 0 fully saturated rings. The summed E-state index contributed by atoms with van der Waals surface area (Å²) in [6.45, 7) is 3.80. The van der Waals surface area contributed by atoms with Crippen LogP contribution < -0.4 is 5.14 Å². The van der Waals surface area contributed by atoms with Crippen LogP contribution in [0.4, 0.5) is 4.39 Å². The molecule has 3 aromatic rings. The minimum atomic E-state index is -3.98. The molecule has 1 aromatic heterocycles. The topological polar surface area (TPSA) is 115 Å². The number of halogens is 1. The summed E-state index contributed by atoms with van der Waals surface area (Å²) in [4.78, 5) is 16.2. The van der Waals surface area contributed by atoms with Crippen LogP contribution in [-0.4, -0.2) is 29.0 Å². The number of sulfonamides is 1. The minimum absolute atomic E-state index is 0.00686. The Morgan fingerprint density at radius 2 is 1.90 bits per heavy atom. The molecule has 0 bridgehead atoms. The lowest BCUT2D eigenvalue weighted by atomic mass is 10.0. The number of aromatic carboxylic acids is 1. The first-order valence-corrected chi connectivity index (χ1v) is 11.4. The molecule has 0 spiro atoms. The lowest BCUT2D eigenvalue weighted by Crippen LogP contribution is -2.15. The molecule has 3 rings (SSSR count). The Morgan fingerprint density at radius 3 is 2.48 bits per heavy atom. The van der Waals surface area contributed by atoms with E-state index in [0.717, 1.165) is 6.42 Å². The summed E-state index contributed by atoms with van der Waals surface area (Å²) < 4.78 is 40.3. The summed E-state index contributed by atoms with van der Waals surface area (Å²) in [5.74, 6) is -1.09. The van der Waals surface area contributed by atoms with Crippen molar-refractivity contribution in [1.29, 1.82) is 0 Å². The van der Waals surface area contributed by atoms with Gasteiger partial charge >= 0.3 is 5.97 Å². The lowest BCUT2D eigenvalue weighted by Gasteiger charge is -2.13. The Morgan fingerprint density at radius 1 is 1.19 bits per heavy atom. The van der Waals surface area contributed by atoms with Crippen LogP contribution in [0.1, 0.15) is 47.8 Å². The number of hydrogen-bond donors (Lipinski definition) is 2.